The zero-order valence-electron chi connectivity index (χ0n) is 13.4. The fraction of sp³-hybridized carbons (Fsp3) is 0.111. The van der Waals surface area contributed by atoms with Crippen molar-refractivity contribution >= 4 is 28.7 Å². The molecule has 2 heterocycles. The molecule has 0 fully saturated rings. The van der Waals surface area contributed by atoms with E-state index in [1.807, 2.05) is 48.5 Å². The maximum absolute atomic E-state index is 12.8. The van der Waals surface area contributed by atoms with Gasteiger partial charge in [-0.25, -0.2) is 0 Å². The van der Waals surface area contributed by atoms with Crippen LogP contribution in [0.2, 0.25) is 0 Å². The third-order valence-corrected chi connectivity index (χ3v) is 4.48. The highest BCUT2D eigenvalue weighted by atomic mass is 32.1. The van der Waals surface area contributed by atoms with Crippen LogP contribution in [0.3, 0.4) is 0 Å². The summed E-state index contributed by atoms with van der Waals surface area (Å²) in [7, 11) is 1.76. The lowest BCUT2D eigenvalue weighted by atomic mass is 10.1. The fourth-order valence-corrected chi connectivity index (χ4v) is 3.18. The minimum Gasteiger partial charge on any atom is -0.355 e. The molecule has 25 heavy (non-hydrogen) atoms. The van der Waals surface area contributed by atoms with Crippen molar-refractivity contribution in [3.8, 4) is 11.3 Å². The molecule has 2 aromatic heterocycles. The Morgan fingerprint density at radius 1 is 1.12 bits per heavy atom. The fourth-order valence-electron chi connectivity index (χ4n) is 2.67. The first kappa shape index (κ1) is 15.5. The second-order valence-electron chi connectivity index (χ2n) is 5.68. The predicted molar refractivity (Wildman–Crippen MR) is 95.2 cm³/mol. The van der Waals surface area contributed by atoms with Gasteiger partial charge in [0.1, 0.15) is 16.6 Å². The second-order valence-corrected chi connectivity index (χ2v) is 6.21. The Kier molecular flexibility index (Phi) is 3.99. The first-order valence-corrected chi connectivity index (χ1v) is 8.42. The van der Waals surface area contributed by atoms with Crippen molar-refractivity contribution in [2.45, 2.75) is 6.54 Å². The molecule has 124 valence electrons. The van der Waals surface area contributed by atoms with Gasteiger partial charge in [-0.1, -0.05) is 41.6 Å². The number of rotatable bonds is 4. The van der Waals surface area contributed by atoms with E-state index in [1.54, 1.807) is 11.9 Å². The van der Waals surface area contributed by atoms with Gasteiger partial charge < -0.3 is 9.42 Å². The first-order valence-electron chi connectivity index (χ1n) is 7.69. The summed E-state index contributed by atoms with van der Waals surface area (Å²) in [5, 5.41) is 3.80. The number of hydrogen-bond acceptors (Lipinski definition) is 6. The highest BCUT2D eigenvalue weighted by Crippen LogP contribution is 2.24. The van der Waals surface area contributed by atoms with E-state index in [0.29, 0.717) is 17.9 Å². The number of benzene rings is 2. The maximum Gasteiger partial charge on any atom is 0.259 e. The molecular formula is C18H14N4O2S. The standard InChI is InChI=1S/C18H14N4O2S/c1-22(11-12-7-8-15-16(9-12)21-25-20-15)18(23)14-10-19-24-17(14)13-5-3-2-4-6-13/h2-10H,11H2,1H3. The monoisotopic (exact) mass is 350 g/mol. The summed E-state index contributed by atoms with van der Waals surface area (Å²) >= 11 is 1.18. The SMILES string of the molecule is CN(Cc1ccc2nsnc2c1)C(=O)c1cnoc1-c1ccccc1. The van der Waals surface area contributed by atoms with Crippen molar-refractivity contribution in [2.75, 3.05) is 7.05 Å². The molecule has 0 atom stereocenters. The Hall–Kier alpha value is -3.06. The molecule has 0 spiro atoms. The zero-order chi connectivity index (χ0) is 17.2. The number of amides is 1. The van der Waals surface area contributed by atoms with Gasteiger partial charge in [-0.15, -0.1) is 0 Å². The molecule has 1 amide bonds. The van der Waals surface area contributed by atoms with Crippen molar-refractivity contribution in [1.29, 1.82) is 0 Å². The number of fused-ring (bicyclic) bond motifs is 1. The molecule has 0 radical (unpaired) electrons. The van der Waals surface area contributed by atoms with E-state index in [1.165, 1.54) is 17.9 Å². The molecular weight excluding hydrogens is 336 g/mol. The van der Waals surface area contributed by atoms with E-state index in [-0.39, 0.29) is 5.91 Å². The minimum atomic E-state index is -0.142. The molecule has 7 heteroatoms. The van der Waals surface area contributed by atoms with Gasteiger partial charge in [0.15, 0.2) is 5.76 Å². The van der Waals surface area contributed by atoms with Gasteiger partial charge in [-0.3, -0.25) is 4.79 Å². The molecule has 6 nitrogen and oxygen atoms in total. The van der Waals surface area contributed by atoms with Gasteiger partial charge in [-0.05, 0) is 17.7 Å². The lowest BCUT2D eigenvalue weighted by molar-refractivity contribution is 0.0785. The van der Waals surface area contributed by atoms with Crippen LogP contribution in [0.5, 0.6) is 0 Å². The summed E-state index contributed by atoms with van der Waals surface area (Å²) in [5.41, 5.74) is 3.98. The van der Waals surface area contributed by atoms with Crippen LogP contribution in [0.1, 0.15) is 15.9 Å². The maximum atomic E-state index is 12.8. The van der Waals surface area contributed by atoms with Crippen molar-refractivity contribution in [3.05, 3.63) is 65.9 Å². The van der Waals surface area contributed by atoms with Crippen molar-refractivity contribution in [1.82, 2.24) is 18.8 Å². The molecule has 4 rings (SSSR count). The van der Waals surface area contributed by atoms with E-state index >= 15 is 0 Å². The summed E-state index contributed by atoms with van der Waals surface area (Å²) in [6, 6.07) is 15.3. The number of nitrogens with zero attached hydrogens (tertiary/aromatic N) is 4. The van der Waals surface area contributed by atoms with Crippen LogP contribution in [0, 0.1) is 0 Å². The van der Waals surface area contributed by atoms with Gasteiger partial charge in [-0.2, -0.15) is 8.75 Å². The highest BCUT2D eigenvalue weighted by Gasteiger charge is 2.21. The molecule has 0 saturated carbocycles. The van der Waals surface area contributed by atoms with Crippen LogP contribution >= 0.6 is 11.7 Å². The number of carbonyl (C=O) groups is 1. The largest absolute Gasteiger partial charge is 0.355 e. The van der Waals surface area contributed by atoms with Crippen molar-refractivity contribution < 1.29 is 9.32 Å². The van der Waals surface area contributed by atoms with Crippen LogP contribution in [-0.2, 0) is 6.54 Å². The Labute approximate surface area is 148 Å². The molecule has 0 aliphatic heterocycles. The third kappa shape index (κ3) is 3.01. The first-order chi connectivity index (χ1) is 12.2. The average molecular weight is 350 g/mol. The summed E-state index contributed by atoms with van der Waals surface area (Å²) in [5.74, 6) is 0.341. The van der Waals surface area contributed by atoms with Crippen LogP contribution in [0.25, 0.3) is 22.4 Å². The Morgan fingerprint density at radius 2 is 1.92 bits per heavy atom. The van der Waals surface area contributed by atoms with E-state index in [2.05, 4.69) is 13.9 Å². The van der Waals surface area contributed by atoms with Crippen LogP contribution in [-0.4, -0.2) is 31.8 Å². The Morgan fingerprint density at radius 3 is 2.76 bits per heavy atom. The van der Waals surface area contributed by atoms with E-state index < -0.39 is 0 Å². The van der Waals surface area contributed by atoms with Gasteiger partial charge in [0.2, 0.25) is 0 Å². The van der Waals surface area contributed by atoms with Crippen LogP contribution < -0.4 is 0 Å². The predicted octanol–water partition coefficient (Wildman–Crippen LogP) is 3.62. The van der Waals surface area contributed by atoms with Crippen molar-refractivity contribution in [2.24, 2.45) is 0 Å². The molecule has 0 bridgehead atoms. The van der Waals surface area contributed by atoms with Crippen LogP contribution in [0.15, 0.2) is 59.3 Å². The quantitative estimate of drug-likeness (QED) is 0.562. The normalized spacial score (nSPS) is 10.9. The molecule has 2 aromatic carbocycles. The molecule has 0 aliphatic rings. The van der Waals surface area contributed by atoms with Crippen LogP contribution in [0.4, 0.5) is 0 Å². The Bertz CT molecular complexity index is 1030. The number of aromatic nitrogens is 3. The molecule has 0 saturated heterocycles. The topological polar surface area (TPSA) is 72.1 Å². The smallest absolute Gasteiger partial charge is 0.259 e. The lowest BCUT2D eigenvalue weighted by Crippen LogP contribution is -2.26. The van der Waals surface area contributed by atoms with E-state index in [0.717, 1.165) is 22.2 Å². The van der Waals surface area contributed by atoms with E-state index in [4.69, 9.17) is 4.52 Å². The number of hydrogen-bond donors (Lipinski definition) is 0. The lowest BCUT2D eigenvalue weighted by Gasteiger charge is -2.16. The van der Waals surface area contributed by atoms with Gasteiger partial charge in [0.25, 0.3) is 5.91 Å². The summed E-state index contributed by atoms with van der Waals surface area (Å²) in [6.45, 7) is 0.464. The number of carbonyl (C=O) groups excluding carboxylic acids is 1. The average Bonchev–Trinajstić information content (AvgIpc) is 3.30. The molecule has 0 N–H and O–H groups in total. The minimum absolute atomic E-state index is 0.142. The summed E-state index contributed by atoms with van der Waals surface area (Å²) < 4.78 is 13.7. The van der Waals surface area contributed by atoms with Gasteiger partial charge in [0.05, 0.1) is 17.9 Å². The molecule has 4 aromatic rings. The summed E-state index contributed by atoms with van der Waals surface area (Å²) in [6.07, 6.45) is 1.47. The molecule has 0 aliphatic carbocycles. The van der Waals surface area contributed by atoms with Gasteiger partial charge >= 0.3 is 0 Å². The third-order valence-electron chi connectivity index (χ3n) is 3.92. The van der Waals surface area contributed by atoms with Gasteiger partial charge in [0, 0.05) is 19.2 Å². The van der Waals surface area contributed by atoms with Crippen molar-refractivity contribution in [3.63, 3.8) is 0 Å². The second kappa shape index (κ2) is 6.45. The Balaban J connectivity index is 1.57. The zero-order valence-corrected chi connectivity index (χ0v) is 14.2. The van der Waals surface area contributed by atoms with E-state index in [9.17, 15) is 4.79 Å². The molecule has 0 unspecified atom stereocenters. The highest BCUT2D eigenvalue weighted by molar-refractivity contribution is 7.00. The summed E-state index contributed by atoms with van der Waals surface area (Å²) in [4.78, 5) is 14.5.